The summed E-state index contributed by atoms with van der Waals surface area (Å²) in [6.07, 6.45) is 6.41. The van der Waals surface area contributed by atoms with Gasteiger partial charge in [-0.25, -0.2) is 0 Å². The number of hydrogen-bond acceptors (Lipinski definition) is 1. The van der Waals surface area contributed by atoms with Crippen molar-refractivity contribution in [1.82, 2.24) is 10.3 Å². The van der Waals surface area contributed by atoms with E-state index in [1.807, 2.05) is 36.5 Å². The zero-order valence-corrected chi connectivity index (χ0v) is 11.4. The van der Waals surface area contributed by atoms with E-state index in [1.165, 1.54) is 0 Å². The number of carbonyl (C=O) groups is 1. The van der Waals surface area contributed by atoms with Gasteiger partial charge < -0.3 is 10.3 Å². The van der Waals surface area contributed by atoms with E-state index in [4.69, 9.17) is 0 Å². The molecule has 2 rings (SSSR count). The van der Waals surface area contributed by atoms with Crippen LogP contribution in [0.15, 0.2) is 42.6 Å². The highest BCUT2D eigenvalue weighted by atomic mass is 16.1. The second-order valence-electron chi connectivity index (χ2n) is 5.01. The Morgan fingerprint density at radius 2 is 2.16 bits per heavy atom. The van der Waals surface area contributed by atoms with E-state index in [2.05, 4.69) is 30.2 Å². The van der Waals surface area contributed by atoms with E-state index in [1.54, 1.807) is 0 Å². The van der Waals surface area contributed by atoms with Crippen LogP contribution in [0.25, 0.3) is 10.9 Å². The predicted molar refractivity (Wildman–Crippen MR) is 79.0 cm³/mol. The number of rotatable bonds is 5. The fraction of sp³-hybridized carbons (Fsp3) is 0.312. The van der Waals surface area contributed by atoms with E-state index in [-0.39, 0.29) is 5.91 Å². The second-order valence-corrected chi connectivity index (χ2v) is 5.01. The Labute approximate surface area is 113 Å². The van der Waals surface area contributed by atoms with Crippen molar-refractivity contribution < 1.29 is 4.79 Å². The Morgan fingerprint density at radius 3 is 2.95 bits per heavy atom. The fourth-order valence-electron chi connectivity index (χ4n) is 2.03. The van der Waals surface area contributed by atoms with Gasteiger partial charge in [-0.05, 0) is 17.5 Å². The molecular weight excluding hydrogens is 236 g/mol. The topological polar surface area (TPSA) is 44.9 Å². The molecule has 19 heavy (non-hydrogen) atoms. The molecule has 0 saturated carbocycles. The maximum absolute atomic E-state index is 11.8. The standard InChI is InChI=1S/C16H20N2O/c1-12(2)6-5-9-17-16(19)10-13-11-18-15-8-4-3-7-14(13)15/h3-8,11-12,18H,9-10H2,1-2H3,(H,17,19)/b6-5+. The zero-order chi connectivity index (χ0) is 13.7. The van der Waals surface area contributed by atoms with Gasteiger partial charge in [-0.3, -0.25) is 4.79 Å². The van der Waals surface area contributed by atoms with Crippen LogP contribution in [0.1, 0.15) is 19.4 Å². The van der Waals surface area contributed by atoms with Crippen molar-refractivity contribution in [2.45, 2.75) is 20.3 Å². The Morgan fingerprint density at radius 1 is 1.37 bits per heavy atom. The molecule has 2 N–H and O–H groups in total. The Balaban J connectivity index is 1.92. The van der Waals surface area contributed by atoms with Crippen molar-refractivity contribution in [2.24, 2.45) is 5.92 Å². The van der Waals surface area contributed by atoms with Gasteiger partial charge in [0.25, 0.3) is 0 Å². The third kappa shape index (κ3) is 3.71. The van der Waals surface area contributed by atoms with E-state index in [9.17, 15) is 4.79 Å². The molecule has 0 unspecified atom stereocenters. The highest BCUT2D eigenvalue weighted by Crippen LogP contribution is 2.17. The van der Waals surface area contributed by atoms with E-state index >= 15 is 0 Å². The molecule has 3 nitrogen and oxygen atoms in total. The first kappa shape index (κ1) is 13.4. The van der Waals surface area contributed by atoms with Gasteiger partial charge >= 0.3 is 0 Å². The molecule has 0 aliphatic carbocycles. The number of amides is 1. The number of H-pyrrole nitrogens is 1. The number of nitrogens with one attached hydrogen (secondary N) is 2. The number of carbonyl (C=O) groups excluding carboxylic acids is 1. The molecule has 0 fully saturated rings. The molecule has 0 atom stereocenters. The second kappa shape index (κ2) is 6.23. The summed E-state index contributed by atoms with van der Waals surface area (Å²) in [5, 5.41) is 4.02. The van der Waals surface area contributed by atoms with Crippen LogP contribution in [-0.2, 0) is 11.2 Å². The number of fused-ring (bicyclic) bond motifs is 1. The number of hydrogen-bond donors (Lipinski definition) is 2. The van der Waals surface area contributed by atoms with Crippen molar-refractivity contribution >= 4 is 16.8 Å². The first-order valence-electron chi connectivity index (χ1n) is 6.65. The fourth-order valence-corrected chi connectivity index (χ4v) is 2.03. The summed E-state index contributed by atoms with van der Waals surface area (Å²) in [6.45, 7) is 4.83. The summed E-state index contributed by atoms with van der Waals surface area (Å²) in [5.74, 6) is 0.573. The molecule has 0 aliphatic heterocycles. The molecule has 2 aromatic rings. The molecule has 1 heterocycles. The number of allylic oxidation sites excluding steroid dienone is 1. The van der Waals surface area contributed by atoms with Gasteiger partial charge in [0.2, 0.25) is 5.91 Å². The summed E-state index contributed by atoms with van der Waals surface area (Å²) >= 11 is 0. The van der Waals surface area contributed by atoms with Crippen LogP contribution in [0.4, 0.5) is 0 Å². The summed E-state index contributed by atoms with van der Waals surface area (Å²) in [7, 11) is 0. The lowest BCUT2D eigenvalue weighted by atomic mass is 10.1. The third-order valence-electron chi connectivity index (χ3n) is 2.96. The molecule has 0 saturated heterocycles. The van der Waals surface area contributed by atoms with Crippen molar-refractivity contribution in [3.63, 3.8) is 0 Å². The molecule has 0 bridgehead atoms. The predicted octanol–water partition coefficient (Wildman–Crippen LogP) is 3.04. The quantitative estimate of drug-likeness (QED) is 0.793. The smallest absolute Gasteiger partial charge is 0.224 e. The molecule has 100 valence electrons. The lowest BCUT2D eigenvalue weighted by molar-refractivity contribution is -0.120. The molecular formula is C16H20N2O. The summed E-state index contributed by atoms with van der Waals surface area (Å²) in [4.78, 5) is 15.0. The summed E-state index contributed by atoms with van der Waals surface area (Å²) in [6, 6.07) is 8.03. The van der Waals surface area contributed by atoms with E-state index in [0.29, 0.717) is 18.9 Å². The van der Waals surface area contributed by atoms with Crippen molar-refractivity contribution in [1.29, 1.82) is 0 Å². The summed E-state index contributed by atoms with van der Waals surface area (Å²) < 4.78 is 0. The largest absolute Gasteiger partial charge is 0.361 e. The van der Waals surface area contributed by atoms with Gasteiger partial charge in [-0.15, -0.1) is 0 Å². The minimum Gasteiger partial charge on any atom is -0.361 e. The first-order valence-corrected chi connectivity index (χ1v) is 6.65. The highest BCUT2D eigenvalue weighted by Gasteiger charge is 2.07. The Bertz CT molecular complexity index is 581. The van der Waals surface area contributed by atoms with Gasteiger partial charge in [-0.2, -0.15) is 0 Å². The van der Waals surface area contributed by atoms with Gasteiger partial charge in [-0.1, -0.05) is 44.2 Å². The van der Waals surface area contributed by atoms with Crippen LogP contribution in [0.3, 0.4) is 0 Å². The number of aromatic nitrogens is 1. The molecule has 1 aromatic heterocycles. The Kier molecular flexibility index (Phi) is 4.39. The monoisotopic (exact) mass is 256 g/mol. The number of para-hydroxylation sites is 1. The maximum Gasteiger partial charge on any atom is 0.224 e. The van der Waals surface area contributed by atoms with Gasteiger partial charge in [0.05, 0.1) is 6.42 Å². The van der Waals surface area contributed by atoms with Crippen LogP contribution in [-0.4, -0.2) is 17.4 Å². The number of aromatic amines is 1. The molecule has 1 aromatic carbocycles. The van der Waals surface area contributed by atoms with E-state index in [0.717, 1.165) is 16.5 Å². The normalized spacial score (nSPS) is 11.5. The van der Waals surface area contributed by atoms with Crippen molar-refractivity contribution in [3.05, 3.63) is 48.2 Å². The minimum absolute atomic E-state index is 0.0539. The van der Waals surface area contributed by atoms with Crippen LogP contribution < -0.4 is 5.32 Å². The van der Waals surface area contributed by atoms with Gasteiger partial charge in [0.15, 0.2) is 0 Å². The van der Waals surface area contributed by atoms with Crippen molar-refractivity contribution in [2.75, 3.05) is 6.54 Å². The lowest BCUT2D eigenvalue weighted by Crippen LogP contribution is -2.25. The zero-order valence-electron chi connectivity index (χ0n) is 11.4. The minimum atomic E-state index is 0.0539. The third-order valence-corrected chi connectivity index (χ3v) is 2.96. The van der Waals surface area contributed by atoms with Gasteiger partial charge in [0, 0.05) is 23.6 Å². The number of benzene rings is 1. The maximum atomic E-state index is 11.8. The molecule has 3 heteroatoms. The average molecular weight is 256 g/mol. The van der Waals surface area contributed by atoms with Crippen LogP contribution in [0, 0.1) is 5.92 Å². The Hall–Kier alpha value is -2.03. The lowest BCUT2D eigenvalue weighted by Gasteiger charge is -2.02. The molecule has 1 amide bonds. The van der Waals surface area contributed by atoms with Crippen LogP contribution in [0.2, 0.25) is 0 Å². The highest BCUT2D eigenvalue weighted by molar-refractivity contribution is 5.88. The molecule has 0 radical (unpaired) electrons. The SMILES string of the molecule is CC(C)/C=C/CNC(=O)Cc1c[nH]c2ccccc12. The summed E-state index contributed by atoms with van der Waals surface area (Å²) in [5.41, 5.74) is 2.12. The first-order chi connectivity index (χ1) is 9.16. The molecule has 0 aliphatic rings. The van der Waals surface area contributed by atoms with Crippen molar-refractivity contribution in [3.8, 4) is 0 Å². The molecule has 0 spiro atoms. The average Bonchev–Trinajstić information content (AvgIpc) is 2.78. The van der Waals surface area contributed by atoms with E-state index < -0.39 is 0 Å². The van der Waals surface area contributed by atoms with Crippen LogP contribution in [0.5, 0.6) is 0 Å². The van der Waals surface area contributed by atoms with Gasteiger partial charge in [0.1, 0.15) is 0 Å². The van der Waals surface area contributed by atoms with Crippen LogP contribution >= 0.6 is 0 Å².